The Bertz CT molecular complexity index is 727. The predicted octanol–water partition coefficient (Wildman–Crippen LogP) is 2.43. The van der Waals surface area contributed by atoms with Gasteiger partial charge in [-0.05, 0) is 24.0 Å². The SMILES string of the molecule is NC1(C(=O)N2CCN(C(c3ccccc3)c3ccccc3)CC2)CCOCC1. The molecule has 0 spiro atoms. The zero-order valence-electron chi connectivity index (χ0n) is 16.3. The second-order valence-corrected chi connectivity index (χ2v) is 7.82. The highest BCUT2D eigenvalue weighted by Gasteiger charge is 2.40. The van der Waals surface area contributed by atoms with Crippen molar-refractivity contribution in [2.24, 2.45) is 5.73 Å². The van der Waals surface area contributed by atoms with Gasteiger partial charge in [0, 0.05) is 39.4 Å². The number of rotatable bonds is 4. The molecule has 0 unspecified atom stereocenters. The van der Waals surface area contributed by atoms with Gasteiger partial charge in [-0.25, -0.2) is 0 Å². The minimum atomic E-state index is -0.751. The van der Waals surface area contributed by atoms with Gasteiger partial charge < -0.3 is 15.4 Å². The first-order valence-electron chi connectivity index (χ1n) is 10.2. The van der Waals surface area contributed by atoms with E-state index in [9.17, 15) is 4.79 Å². The molecule has 0 aromatic heterocycles. The van der Waals surface area contributed by atoms with Crippen molar-refractivity contribution in [2.45, 2.75) is 24.4 Å². The molecule has 2 fully saturated rings. The molecule has 2 aliphatic rings. The summed E-state index contributed by atoms with van der Waals surface area (Å²) in [6.07, 6.45) is 1.23. The van der Waals surface area contributed by atoms with E-state index in [1.807, 2.05) is 4.90 Å². The quantitative estimate of drug-likeness (QED) is 0.886. The maximum atomic E-state index is 13.0. The number of nitrogens with zero attached hydrogens (tertiary/aromatic N) is 2. The zero-order valence-corrected chi connectivity index (χ0v) is 16.3. The van der Waals surface area contributed by atoms with Crippen molar-refractivity contribution >= 4 is 5.91 Å². The minimum absolute atomic E-state index is 0.0893. The molecule has 2 aromatic carbocycles. The summed E-state index contributed by atoms with van der Waals surface area (Å²) < 4.78 is 5.39. The van der Waals surface area contributed by atoms with Gasteiger partial charge in [-0.3, -0.25) is 9.69 Å². The third-order valence-corrected chi connectivity index (χ3v) is 6.01. The molecule has 5 heteroatoms. The number of benzene rings is 2. The average molecular weight is 380 g/mol. The molecule has 148 valence electrons. The Labute approximate surface area is 167 Å². The zero-order chi connectivity index (χ0) is 19.4. The first kappa shape index (κ1) is 19.1. The van der Waals surface area contributed by atoms with Crippen molar-refractivity contribution < 1.29 is 9.53 Å². The fraction of sp³-hybridized carbons (Fsp3) is 0.435. The van der Waals surface area contributed by atoms with E-state index in [0.717, 1.165) is 26.2 Å². The summed E-state index contributed by atoms with van der Waals surface area (Å²) in [6.45, 7) is 4.27. The Kier molecular flexibility index (Phi) is 5.76. The number of carbonyl (C=O) groups is 1. The lowest BCUT2D eigenvalue weighted by Crippen LogP contribution is -2.61. The molecule has 2 heterocycles. The Morgan fingerprint density at radius 3 is 1.86 bits per heavy atom. The van der Waals surface area contributed by atoms with E-state index >= 15 is 0 Å². The Morgan fingerprint density at radius 2 is 1.36 bits per heavy atom. The highest BCUT2D eigenvalue weighted by Crippen LogP contribution is 2.30. The summed E-state index contributed by atoms with van der Waals surface area (Å²) in [5, 5.41) is 0. The van der Waals surface area contributed by atoms with E-state index in [0.29, 0.717) is 26.1 Å². The third-order valence-electron chi connectivity index (χ3n) is 6.01. The van der Waals surface area contributed by atoms with Gasteiger partial charge in [-0.1, -0.05) is 60.7 Å². The number of hydrogen-bond acceptors (Lipinski definition) is 4. The molecule has 0 aliphatic carbocycles. The van der Waals surface area contributed by atoms with Crippen LogP contribution in [-0.2, 0) is 9.53 Å². The minimum Gasteiger partial charge on any atom is -0.381 e. The van der Waals surface area contributed by atoms with Crippen LogP contribution in [0.4, 0.5) is 0 Å². The van der Waals surface area contributed by atoms with Crippen LogP contribution in [0.2, 0.25) is 0 Å². The topological polar surface area (TPSA) is 58.8 Å². The lowest BCUT2D eigenvalue weighted by Gasteiger charge is -2.43. The fourth-order valence-corrected chi connectivity index (χ4v) is 4.33. The molecule has 2 aromatic rings. The van der Waals surface area contributed by atoms with Crippen molar-refractivity contribution in [3.63, 3.8) is 0 Å². The molecule has 0 bridgehead atoms. The van der Waals surface area contributed by atoms with E-state index in [-0.39, 0.29) is 11.9 Å². The second-order valence-electron chi connectivity index (χ2n) is 7.82. The van der Waals surface area contributed by atoms with Gasteiger partial charge in [0.05, 0.1) is 11.6 Å². The molecule has 2 aliphatic heterocycles. The summed E-state index contributed by atoms with van der Waals surface area (Å²) in [5.41, 5.74) is 8.24. The molecule has 0 radical (unpaired) electrons. The maximum Gasteiger partial charge on any atom is 0.242 e. The normalized spacial score (nSPS) is 20.3. The number of hydrogen-bond donors (Lipinski definition) is 1. The van der Waals surface area contributed by atoms with Crippen molar-refractivity contribution in [2.75, 3.05) is 39.4 Å². The Morgan fingerprint density at radius 1 is 0.857 bits per heavy atom. The van der Waals surface area contributed by atoms with E-state index in [4.69, 9.17) is 10.5 Å². The van der Waals surface area contributed by atoms with Crippen LogP contribution in [0.5, 0.6) is 0 Å². The summed E-state index contributed by atoms with van der Waals surface area (Å²) in [6, 6.07) is 21.4. The molecule has 0 atom stereocenters. The summed E-state index contributed by atoms with van der Waals surface area (Å²) in [7, 11) is 0. The fourth-order valence-electron chi connectivity index (χ4n) is 4.33. The van der Waals surface area contributed by atoms with Gasteiger partial charge in [0.1, 0.15) is 0 Å². The molecule has 4 rings (SSSR count). The lowest BCUT2D eigenvalue weighted by atomic mass is 9.89. The average Bonchev–Trinajstić information content (AvgIpc) is 2.76. The lowest BCUT2D eigenvalue weighted by molar-refractivity contribution is -0.142. The molecule has 0 saturated carbocycles. The molecule has 2 N–H and O–H groups in total. The van der Waals surface area contributed by atoms with Gasteiger partial charge >= 0.3 is 0 Å². The van der Waals surface area contributed by atoms with E-state index in [1.165, 1.54) is 11.1 Å². The summed E-state index contributed by atoms with van der Waals surface area (Å²) in [5.74, 6) is 0.0893. The van der Waals surface area contributed by atoms with Crippen molar-refractivity contribution in [1.29, 1.82) is 0 Å². The van der Waals surface area contributed by atoms with Gasteiger partial charge in [0.15, 0.2) is 0 Å². The number of piperazine rings is 1. The van der Waals surface area contributed by atoms with Crippen LogP contribution < -0.4 is 5.73 Å². The van der Waals surface area contributed by atoms with Crippen LogP contribution in [0.1, 0.15) is 30.0 Å². The van der Waals surface area contributed by atoms with Crippen LogP contribution in [0.15, 0.2) is 60.7 Å². The van der Waals surface area contributed by atoms with E-state index in [1.54, 1.807) is 0 Å². The molecule has 2 saturated heterocycles. The van der Waals surface area contributed by atoms with Crippen molar-refractivity contribution in [3.8, 4) is 0 Å². The van der Waals surface area contributed by atoms with Crippen LogP contribution in [0.3, 0.4) is 0 Å². The molecule has 5 nitrogen and oxygen atoms in total. The molecular weight excluding hydrogens is 350 g/mol. The van der Waals surface area contributed by atoms with Gasteiger partial charge in [0.25, 0.3) is 0 Å². The van der Waals surface area contributed by atoms with Crippen LogP contribution in [-0.4, -0.2) is 60.6 Å². The highest BCUT2D eigenvalue weighted by molar-refractivity contribution is 5.86. The number of amides is 1. The summed E-state index contributed by atoms with van der Waals surface area (Å²) in [4.78, 5) is 17.4. The largest absolute Gasteiger partial charge is 0.381 e. The smallest absolute Gasteiger partial charge is 0.242 e. The number of ether oxygens (including phenoxy) is 1. The standard InChI is InChI=1S/C23H29N3O2/c24-23(11-17-28-18-12-23)22(27)26-15-13-25(14-16-26)21(19-7-3-1-4-8-19)20-9-5-2-6-10-20/h1-10,21H,11-18,24H2. The van der Waals surface area contributed by atoms with Crippen molar-refractivity contribution in [3.05, 3.63) is 71.8 Å². The van der Waals surface area contributed by atoms with Crippen LogP contribution >= 0.6 is 0 Å². The van der Waals surface area contributed by atoms with Crippen LogP contribution in [0.25, 0.3) is 0 Å². The van der Waals surface area contributed by atoms with Gasteiger partial charge in [-0.15, -0.1) is 0 Å². The number of carbonyl (C=O) groups excluding carboxylic acids is 1. The number of nitrogens with two attached hydrogens (primary N) is 1. The predicted molar refractivity (Wildman–Crippen MR) is 110 cm³/mol. The highest BCUT2D eigenvalue weighted by atomic mass is 16.5. The second kappa shape index (κ2) is 8.43. The Hall–Kier alpha value is -2.21. The molecular formula is C23H29N3O2. The molecule has 28 heavy (non-hydrogen) atoms. The molecule has 1 amide bonds. The van der Waals surface area contributed by atoms with Gasteiger partial charge in [0.2, 0.25) is 5.91 Å². The first-order valence-corrected chi connectivity index (χ1v) is 10.2. The monoisotopic (exact) mass is 379 g/mol. The third kappa shape index (κ3) is 3.97. The van der Waals surface area contributed by atoms with Crippen molar-refractivity contribution in [1.82, 2.24) is 9.80 Å². The summed E-state index contributed by atoms with van der Waals surface area (Å²) >= 11 is 0. The van der Waals surface area contributed by atoms with Crippen LogP contribution in [0, 0.1) is 0 Å². The Balaban J connectivity index is 1.48. The van der Waals surface area contributed by atoms with E-state index < -0.39 is 5.54 Å². The van der Waals surface area contributed by atoms with E-state index in [2.05, 4.69) is 65.6 Å². The maximum absolute atomic E-state index is 13.0. The first-order chi connectivity index (χ1) is 13.7. The van der Waals surface area contributed by atoms with Gasteiger partial charge in [-0.2, -0.15) is 0 Å².